The third-order valence-electron chi connectivity index (χ3n) is 3.54. The second-order valence-corrected chi connectivity index (χ2v) is 5.30. The summed E-state index contributed by atoms with van der Waals surface area (Å²) in [6, 6.07) is 0. The zero-order valence-corrected chi connectivity index (χ0v) is 10.8. The van der Waals surface area contributed by atoms with Gasteiger partial charge >= 0.3 is 0 Å². The smallest absolute Gasteiger partial charge is 0.000645 e. The van der Waals surface area contributed by atoms with E-state index in [1.807, 2.05) is 6.08 Å². The monoisotopic (exact) mass is 224 g/mol. The molecule has 86 valence electrons. The first-order valence-corrected chi connectivity index (χ1v) is 6.75. The third-order valence-corrected chi connectivity index (χ3v) is 4.17. The van der Waals surface area contributed by atoms with E-state index in [2.05, 4.69) is 38.3 Å². The Morgan fingerprint density at radius 2 is 2.40 bits per heavy atom. The van der Waals surface area contributed by atoms with Gasteiger partial charge in [0.05, 0.1) is 0 Å². The SMILES string of the molecule is C=CCC(C)CCC1(CS)C=CCCC1. The molecule has 1 rings (SSSR count). The molecule has 2 unspecified atom stereocenters. The van der Waals surface area contributed by atoms with Crippen molar-refractivity contribution in [1.82, 2.24) is 0 Å². The molecule has 0 saturated carbocycles. The predicted molar refractivity (Wildman–Crippen MR) is 72.5 cm³/mol. The molecule has 0 nitrogen and oxygen atoms in total. The standard InChI is InChI=1S/C14H24S/c1-3-7-13(2)8-11-14(12-15)9-5-4-6-10-14/h3,5,9,13,15H,1,4,6-8,10-12H2,2H3. The summed E-state index contributed by atoms with van der Waals surface area (Å²) in [7, 11) is 0. The van der Waals surface area contributed by atoms with Crippen molar-refractivity contribution >= 4 is 12.6 Å². The fourth-order valence-corrected chi connectivity index (χ4v) is 2.77. The topological polar surface area (TPSA) is 0 Å². The molecule has 1 aliphatic rings. The molecule has 1 aliphatic carbocycles. The van der Waals surface area contributed by atoms with Gasteiger partial charge in [-0.15, -0.1) is 6.58 Å². The van der Waals surface area contributed by atoms with Crippen LogP contribution in [0.25, 0.3) is 0 Å². The van der Waals surface area contributed by atoms with Gasteiger partial charge in [-0.05, 0) is 55.6 Å². The van der Waals surface area contributed by atoms with Gasteiger partial charge in [0.15, 0.2) is 0 Å². The Morgan fingerprint density at radius 1 is 1.60 bits per heavy atom. The van der Waals surface area contributed by atoms with Crippen molar-refractivity contribution in [3.05, 3.63) is 24.8 Å². The van der Waals surface area contributed by atoms with E-state index in [-0.39, 0.29) is 0 Å². The lowest BCUT2D eigenvalue weighted by Gasteiger charge is -2.32. The van der Waals surface area contributed by atoms with E-state index in [1.54, 1.807) is 0 Å². The Balaban J connectivity index is 2.42. The van der Waals surface area contributed by atoms with Gasteiger partial charge in [0.2, 0.25) is 0 Å². The lowest BCUT2D eigenvalue weighted by molar-refractivity contribution is 0.311. The highest BCUT2D eigenvalue weighted by Crippen LogP contribution is 2.37. The molecule has 0 amide bonds. The number of hydrogen-bond acceptors (Lipinski definition) is 1. The summed E-state index contributed by atoms with van der Waals surface area (Å²) in [5, 5.41) is 0. The molecule has 0 aliphatic heterocycles. The summed E-state index contributed by atoms with van der Waals surface area (Å²) in [6.07, 6.45) is 14.5. The van der Waals surface area contributed by atoms with Crippen LogP contribution in [0.4, 0.5) is 0 Å². The van der Waals surface area contributed by atoms with Crippen LogP contribution in [0, 0.1) is 11.3 Å². The molecule has 0 saturated heterocycles. The molecule has 0 aromatic carbocycles. The molecule has 15 heavy (non-hydrogen) atoms. The van der Waals surface area contributed by atoms with Crippen LogP contribution >= 0.6 is 12.6 Å². The fourth-order valence-electron chi connectivity index (χ4n) is 2.34. The van der Waals surface area contributed by atoms with Gasteiger partial charge in [-0.3, -0.25) is 0 Å². The Morgan fingerprint density at radius 3 is 2.93 bits per heavy atom. The maximum atomic E-state index is 4.53. The van der Waals surface area contributed by atoms with Crippen molar-refractivity contribution in [2.24, 2.45) is 11.3 Å². The normalized spacial score (nSPS) is 27.6. The largest absolute Gasteiger partial charge is 0.178 e. The van der Waals surface area contributed by atoms with Crippen molar-refractivity contribution in [3.8, 4) is 0 Å². The maximum Gasteiger partial charge on any atom is -0.000645 e. The van der Waals surface area contributed by atoms with Gasteiger partial charge in [-0.2, -0.15) is 12.6 Å². The maximum absolute atomic E-state index is 4.53. The molecule has 0 radical (unpaired) electrons. The Bertz CT molecular complexity index is 219. The number of rotatable bonds is 6. The average molecular weight is 224 g/mol. The van der Waals surface area contributed by atoms with Gasteiger partial charge in [0.1, 0.15) is 0 Å². The molecule has 0 spiro atoms. The highest BCUT2D eigenvalue weighted by atomic mass is 32.1. The Hall–Kier alpha value is -0.170. The van der Waals surface area contributed by atoms with Crippen molar-refractivity contribution in [3.63, 3.8) is 0 Å². The van der Waals surface area contributed by atoms with E-state index in [4.69, 9.17) is 0 Å². The van der Waals surface area contributed by atoms with Crippen LogP contribution in [0.1, 0.15) is 45.4 Å². The van der Waals surface area contributed by atoms with Crippen molar-refractivity contribution in [2.45, 2.75) is 45.4 Å². The average Bonchev–Trinajstić information content (AvgIpc) is 2.28. The highest BCUT2D eigenvalue weighted by molar-refractivity contribution is 7.80. The molecule has 0 aromatic rings. The Kier molecular flexibility index (Phi) is 5.52. The molecule has 1 heteroatoms. The fraction of sp³-hybridized carbons (Fsp3) is 0.714. The highest BCUT2D eigenvalue weighted by Gasteiger charge is 2.26. The minimum Gasteiger partial charge on any atom is -0.178 e. The van der Waals surface area contributed by atoms with E-state index in [0.29, 0.717) is 5.41 Å². The van der Waals surface area contributed by atoms with E-state index in [9.17, 15) is 0 Å². The first-order valence-electron chi connectivity index (χ1n) is 6.12. The summed E-state index contributed by atoms with van der Waals surface area (Å²) in [6.45, 7) is 6.12. The third kappa shape index (κ3) is 4.06. The molecule has 0 N–H and O–H groups in total. The summed E-state index contributed by atoms with van der Waals surface area (Å²) in [4.78, 5) is 0. The van der Waals surface area contributed by atoms with E-state index >= 15 is 0 Å². The molecule has 0 bridgehead atoms. The summed E-state index contributed by atoms with van der Waals surface area (Å²) in [5.74, 6) is 1.78. The van der Waals surface area contributed by atoms with Crippen molar-refractivity contribution in [1.29, 1.82) is 0 Å². The molecular formula is C14H24S. The van der Waals surface area contributed by atoms with Gasteiger partial charge in [-0.1, -0.05) is 25.2 Å². The van der Waals surface area contributed by atoms with Crippen LogP contribution in [0.15, 0.2) is 24.8 Å². The van der Waals surface area contributed by atoms with Crippen LogP contribution < -0.4 is 0 Å². The van der Waals surface area contributed by atoms with E-state index in [0.717, 1.165) is 18.1 Å². The molecule has 2 atom stereocenters. The van der Waals surface area contributed by atoms with Gasteiger partial charge in [0.25, 0.3) is 0 Å². The lowest BCUT2D eigenvalue weighted by Crippen LogP contribution is -2.23. The van der Waals surface area contributed by atoms with Crippen LogP contribution in [0.5, 0.6) is 0 Å². The summed E-state index contributed by atoms with van der Waals surface area (Å²) in [5.41, 5.74) is 0.400. The van der Waals surface area contributed by atoms with Gasteiger partial charge in [-0.25, -0.2) is 0 Å². The number of thiol groups is 1. The number of hydrogen-bond donors (Lipinski definition) is 1. The molecule has 0 heterocycles. The van der Waals surface area contributed by atoms with Crippen LogP contribution in [0.3, 0.4) is 0 Å². The number of allylic oxidation sites excluding steroid dienone is 3. The van der Waals surface area contributed by atoms with Gasteiger partial charge in [0, 0.05) is 0 Å². The van der Waals surface area contributed by atoms with Gasteiger partial charge < -0.3 is 0 Å². The lowest BCUT2D eigenvalue weighted by atomic mass is 9.75. The summed E-state index contributed by atoms with van der Waals surface area (Å²) >= 11 is 4.53. The second kappa shape index (κ2) is 6.42. The Labute approximate surface area is 100 Å². The van der Waals surface area contributed by atoms with Crippen molar-refractivity contribution < 1.29 is 0 Å². The zero-order chi connectivity index (χ0) is 11.1. The quantitative estimate of drug-likeness (QED) is 0.493. The first-order chi connectivity index (χ1) is 7.22. The second-order valence-electron chi connectivity index (χ2n) is 4.98. The van der Waals surface area contributed by atoms with E-state index < -0.39 is 0 Å². The van der Waals surface area contributed by atoms with Crippen LogP contribution in [-0.2, 0) is 0 Å². The molecule has 0 aromatic heterocycles. The summed E-state index contributed by atoms with van der Waals surface area (Å²) < 4.78 is 0. The van der Waals surface area contributed by atoms with Crippen LogP contribution in [0.2, 0.25) is 0 Å². The predicted octanol–water partition coefficient (Wildman–Crippen LogP) is 4.64. The first kappa shape index (κ1) is 12.9. The van der Waals surface area contributed by atoms with Crippen LogP contribution in [-0.4, -0.2) is 5.75 Å². The minimum absolute atomic E-state index is 0.400. The van der Waals surface area contributed by atoms with E-state index in [1.165, 1.54) is 32.1 Å². The minimum atomic E-state index is 0.400. The van der Waals surface area contributed by atoms with Crippen molar-refractivity contribution in [2.75, 3.05) is 5.75 Å². The molecule has 0 fully saturated rings. The zero-order valence-electron chi connectivity index (χ0n) is 9.91. The molecular weight excluding hydrogens is 200 g/mol.